The number of methoxy groups -OCH3 is 2. The maximum Gasteiger partial charge on any atom is 0.399 e. The molecule has 5 rings (SSSR count). The first kappa shape index (κ1) is 29.2. The molecule has 0 aliphatic heterocycles. The zero-order chi connectivity index (χ0) is 30.8. The third kappa shape index (κ3) is 6.01. The number of para-hydroxylation sites is 1. The van der Waals surface area contributed by atoms with Crippen LogP contribution in [0.4, 0.5) is 29.5 Å². The van der Waals surface area contributed by atoms with Gasteiger partial charge in [0, 0.05) is 23.9 Å². The summed E-state index contributed by atoms with van der Waals surface area (Å²) in [6.45, 7) is 2.07. The van der Waals surface area contributed by atoms with E-state index in [1.54, 1.807) is 66.7 Å². The van der Waals surface area contributed by atoms with E-state index in [1.807, 2.05) is 0 Å². The minimum absolute atomic E-state index is 0.0558. The first-order chi connectivity index (χ1) is 20.5. The lowest BCUT2D eigenvalue weighted by Gasteiger charge is -2.25. The third-order valence-electron chi connectivity index (χ3n) is 6.71. The molecule has 5 aromatic rings. The summed E-state index contributed by atoms with van der Waals surface area (Å²) in [5.74, 6) is 1.63. The number of hydrogen-bond acceptors (Lipinski definition) is 7. The van der Waals surface area contributed by atoms with Gasteiger partial charge in [0.2, 0.25) is 5.88 Å². The van der Waals surface area contributed by atoms with Crippen molar-refractivity contribution in [2.45, 2.75) is 25.4 Å². The van der Waals surface area contributed by atoms with E-state index in [4.69, 9.17) is 14.2 Å². The molecule has 10 nitrogen and oxygen atoms in total. The number of alkyl halides is 3. The number of anilines is 2. The molecule has 0 aliphatic carbocycles. The normalized spacial score (nSPS) is 11.7. The van der Waals surface area contributed by atoms with Gasteiger partial charge in [-0.2, -0.15) is 18.3 Å². The zero-order valence-corrected chi connectivity index (χ0v) is 23.6. The molecule has 0 fully saturated rings. The summed E-state index contributed by atoms with van der Waals surface area (Å²) in [7, 11) is 3.04. The van der Waals surface area contributed by atoms with Crippen LogP contribution in [0.3, 0.4) is 0 Å². The second-order valence-corrected chi connectivity index (χ2v) is 9.90. The Morgan fingerprint density at radius 1 is 0.860 bits per heavy atom. The number of halogens is 3. The smallest absolute Gasteiger partial charge is 0.399 e. The second-order valence-electron chi connectivity index (χ2n) is 9.90. The van der Waals surface area contributed by atoms with Gasteiger partial charge in [-0.15, -0.1) is 0 Å². The summed E-state index contributed by atoms with van der Waals surface area (Å²) in [5.41, 5.74) is -1.11. The van der Waals surface area contributed by atoms with E-state index in [-0.39, 0.29) is 17.4 Å². The number of nitrogens with one attached hydrogen (secondary N) is 2. The van der Waals surface area contributed by atoms with Gasteiger partial charge in [-0.05, 0) is 44.2 Å². The van der Waals surface area contributed by atoms with Gasteiger partial charge in [-0.3, -0.25) is 5.32 Å². The van der Waals surface area contributed by atoms with E-state index in [0.717, 1.165) is 13.8 Å². The Morgan fingerprint density at radius 3 is 2.28 bits per heavy atom. The predicted molar refractivity (Wildman–Crippen MR) is 154 cm³/mol. The highest BCUT2D eigenvalue weighted by molar-refractivity contribution is 5.99. The Morgan fingerprint density at radius 2 is 1.58 bits per heavy atom. The number of urea groups is 1. The van der Waals surface area contributed by atoms with Crippen LogP contribution in [0.15, 0.2) is 79.1 Å². The fourth-order valence-electron chi connectivity index (χ4n) is 4.16. The van der Waals surface area contributed by atoms with Crippen LogP contribution in [-0.4, -0.2) is 46.2 Å². The number of aromatic nitrogens is 4. The highest BCUT2D eigenvalue weighted by Gasteiger charge is 2.50. The van der Waals surface area contributed by atoms with Crippen LogP contribution in [0, 0.1) is 0 Å². The van der Waals surface area contributed by atoms with Gasteiger partial charge in [0.15, 0.2) is 11.5 Å². The predicted octanol–water partition coefficient (Wildman–Crippen LogP) is 7.11. The van der Waals surface area contributed by atoms with E-state index in [0.29, 0.717) is 39.5 Å². The third-order valence-corrected chi connectivity index (χ3v) is 6.71. The number of ether oxygens (including phenoxy) is 3. The van der Waals surface area contributed by atoms with Crippen LogP contribution >= 0.6 is 0 Å². The maximum absolute atomic E-state index is 13.8. The highest BCUT2D eigenvalue weighted by atomic mass is 19.4. The molecule has 13 heteroatoms. The first-order valence-electron chi connectivity index (χ1n) is 13.0. The Hall–Kier alpha value is -5.33. The minimum atomic E-state index is -4.56. The molecule has 0 saturated heterocycles. The quantitative estimate of drug-likeness (QED) is 0.198. The topological polar surface area (TPSA) is 112 Å². The number of rotatable bonds is 8. The fraction of sp³-hybridized carbons (Fsp3) is 0.200. The van der Waals surface area contributed by atoms with Gasteiger partial charge in [0.1, 0.15) is 23.3 Å². The SMILES string of the molecule is COc1cc2ncnc(Oc3cccc(NC(=O)Nc4cc(C(C)(C)C(F)(F)F)nn4-c4ccccc4)c3)c2cc1OC. The summed E-state index contributed by atoms with van der Waals surface area (Å²) in [6.07, 6.45) is -3.21. The number of hydrogen-bond donors (Lipinski definition) is 2. The number of benzene rings is 3. The van der Waals surface area contributed by atoms with E-state index in [2.05, 4.69) is 25.7 Å². The summed E-state index contributed by atoms with van der Waals surface area (Å²) in [6, 6.07) is 19.0. The van der Waals surface area contributed by atoms with Crippen molar-refractivity contribution < 1.29 is 32.2 Å². The molecular formula is C30H27F3N6O4. The molecule has 0 radical (unpaired) electrons. The van der Waals surface area contributed by atoms with Crippen LogP contribution < -0.4 is 24.8 Å². The number of amides is 2. The molecule has 2 amide bonds. The number of carbonyl (C=O) groups excluding carboxylic acids is 1. The van der Waals surface area contributed by atoms with Crippen molar-refractivity contribution in [3.63, 3.8) is 0 Å². The fourth-order valence-corrected chi connectivity index (χ4v) is 4.16. The highest BCUT2D eigenvalue weighted by Crippen LogP contribution is 2.41. The molecule has 2 aromatic heterocycles. The number of nitrogens with zero attached hydrogens (tertiary/aromatic N) is 4. The van der Waals surface area contributed by atoms with Crippen molar-refractivity contribution >= 4 is 28.4 Å². The molecule has 0 saturated carbocycles. The molecule has 222 valence electrons. The largest absolute Gasteiger partial charge is 0.493 e. The Labute approximate surface area is 244 Å². The van der Waals surface area contributed by atoms with Crippen molar-refractivity contribution in [2.75, 3.05) is 24.9 Å². The van der Waals surface area contributed by atoms with Crippen molar-refractivity contribution in [2.24, 2.45) is 0 Å². The summed E-state index contributed by atoms with van der Waals surface area (Å²) >= 11 is 0. The van der Waals surface area contributed by atoms with E-state index in [9.17, 15) is 18.0 Å². The lowest BCUT2D eigenvalue weighted by molar-refractivity contribution is -0.181. The Kier molecular flexibility index (Phi) is 7.81. The van der Waals surface area contributed by atoms with Gasteiger partial charge in [-0.1, -0.05) is 24.3 Å². The molecule has 43 heavy (non-hydrogen) atoms. The number of carbonyl (C=O) groups is 1. The maximum atomic E-state index is 13.8. The molecule has 0 bridgehead atoms. The Balaban J connectivity index is 1.38. The van der Waals surface area contributed by atoms with Crippen molar-refractivity contribution in [1.29, 1.82) is 0 Å². The van der Waals surface area contributed by atoms with Crippen molar-refractivity contribution in [3.8, 4) is 28.8 Å². The molecule has 0 aliphatic rings. The van der Waals surface area contributed by atoms with E-state index < -0.39 is 17.6 Å². The lowest BCUT2D eigenvalue weighted by Crippen LogP contribution is -2.36. The molecule has 2 N–H and O–H groups in total. The molecule has 0 atom stereocenters. The minimum Gasteiger partial charge on any atom is -0.493 e. The summed E-state index contributed by atoms with van der Waals surface area (Å²) in [4.78, 5) is 21.5. The van der Waals surface area contributed by atoms with Crippen LogP contribution in [0.1, 0.15) is 19.5 Å². The van der Waals surface area contributed by atoms with Gasteiger partial charge in [0.05, 0.1) is 36.5 Å². The molecule has 0 spiro atoms. The average molecular weight is 593 g/mol. The van der Waals surface area contributed by atoms with Gasteiger partial charge in [0.25, 0.3) is 0 Å². The molecule has 3 aromatic carbocycles. The average Bonchev–Trinajstić information content (AvgIpc) is 3.41. The van der Waals surface area contributed by atoms with E-state index in [1.165, 1.54) is 31.3 Å². The van der Waals surface area contributed by atoms with Crippen LogP contribution in [0.25, 0.3) is 16.6 Å². The monoisotopic (exact) mass is 592 g/mol. The van der Waals surface area contributed by atoms with Gasteiger partial charge in [-0.25, -0.2) is 19.4 Å². The Bertz CT molecular complexity index is 1770. The molecule has 2 heterocycles. The van der Waals surface area contributed by atoms with Crippen LogP contribution in [-0.2, 0) is 5.41 Å². The van der Waals surface area contributed by atoms with Crippen molar-refractivity contribution in [3.05, 3.63) is 84.8 Å². The summed E-state index contributed by atoms with van der Waals surface area (Å²) < 4.78 is 59.3. The van der Waals surface area contributed by atoms with Crippen molar-refractivity contribution in [1.82, 2.24) is 19.7 Å². The zero-order valence-electron chi connectivity index (χ0n) is 23.6. The lowest BCUT2D eigenvalue weighted by atomic mass is 9.89. The standard InChI is InChI=1S/C30H27F3N6O4/c1-29(2,30(31,32)33)25-16-26(39(38-25)19-10-6-5-7-11-19)37-28(40)36-18-9-8-12-20(13-18)43-27-21-14-23(41-3)24(42-4)15-22(21)34-17-35-27/h5-17H,1-4H3,(H2,36,37,40). The summed E-state index contributed by atoms with van der Waals surface area (Å²) in [5, 5.41) is 10.1. The number of fused-ring (bicyclic) bond motifs is 1. The second kappa shape index (κ2) is 11.5. The molecule has 0 unspecified atom stereocenters. The van der Waals surface area contributed by atoms with Crippen LogP contribution in [0.5, 0.6) is 23.1 Å². The first-order valence-corrected chi connectivity index (χ1v) is 13.0. The molecular weight excluding hydrogens is 565 g/mol. The van der Waals surface area contributed by atoms with Crippen LogP contribution in [0.2, 0.25) is 0 Å². The van der Waals surface area contributed by atoms with Gasteiger partial charge >= 0.3 is 12.2 Å². The van der Waals surface area contributed by atoms with E-state index >= 15 is 0 Å². The van der Waals surface area contributed by atoms with Gasteiger partial charge < -0.3 is 19.5 Å².